The van der Waals surface area contributed by atoms with Crippen LogP contribution in [0.4, 0.5) is 33.6 Å². The van der Waals surface area contributed by atoms with E-state index in [1.807, 2.05) is 0 Å². The number of nitrogens with zero attached hydrogens (tertiary/aromatic N) is 2. The lowest BCUT2D eigenvalue weighted by Gasteiger charge is -2.41. The van der Waals surface area contributed by atoms with Crippen LogP contribution in [-0.4, -0.2) is 322 Å². The number of esters is 4. The molecule has 3 fully saturated rings. The number of amides is 7. The van der Waals surface area contributed by atoms with Gasteiger partial charge in [-0.05, 0) is 126 Å². The molecule has 142 heavy (non-hydrogen) atoms. The maximum atomic E-state index is 13.7. The second kappa shape index (κ2) is 61.3. The van der Waals surface area contributed by atoms with Crippen LogP contribution in [0.15, 0.2) is 57.9 Å². The number of carbonyl (C=O) groups excluding carboxylic acids is 16. The minimum absolute atomic E-state index is 0.0123. The number of rotatable bonds is 54. The van der Waals surface area contributed by atoms with E-state index in [4.69, 9.17) is 106 Å². The fourth-order valence-corrected chi connectivity index (χ4v) is 14.5. The molecule has 0 aromatic carbocycles. The highest BCUT2D eigenvalue weighted by molar-refractivity contribution is 5.96. The van der Waals surface area contributed by atoms with Gasteiger partial charge < -0.3 is 131 Å². The number of carbonyl (C=O) groups is 16. The van der Waals surface area contributed by atoms with E-state index >= 15 is 0 Å². The molecule has 6 heterocycles. The van der Waals surface area contributed by atoms with E-state index in [0.29, 0.717) is 97.2 Å². The molecule has 6 aliphatic rings. The normalized spacial score (nSPS) is 21.7. The third-order valence-corrected chi connectivity index (χ3v) is 21.2. The fraction of sp³-hybridized carbons (Fsp3) is 0.702. The van der Waals surface area contributed by atoms with Gasteiger partial charge in [-0.25, -0.2) is 47.9 Å². The third-order valence-electron chi connectivity index (χ3n) is 21.2. The molecule has 796 valence electrons. The Kier molecular flexibility index (Phi) is 51.7. The van der Waals surface area contributed by atoms with Gasteiger partial charge in [-0.3, -0.25) is 54.7 Å². The van der Waals surface area contributed by atoms with Gasteiger partial charge in [0.15, 0.2) is 42.4 Å². The van der Waals surface area contributed by atoms with Gasteiger partial charge in [0.2, 0.25) is 35.0 Å². The van der Waals surface area contributed by atoms with E-state index in [1.54, 1.807) is 83.1 Å². The standard InChI is InChI=1S/C75H114N8O29.C19H28N2O9/c1-14-34-99-36-38-101-40-41-102-39-37-100-35-31-60(88)83-51(54(86)29-30-59(87)76-32-23-19-16-18-22-26-61(89)109-64(57-44-103-72(95)107-57)63-46(2)52(42-55(105-63)67(90)97-12)78-47(3)80-70(93)111-74(6,7)8)28-27-50(85)25-21-17-15-20-24-33-77-69(92)110-65(58-45-104-73(96)108-58)66-62(82-49(5)84)53(43-56(106-66)68(91)98-13)79-48(4)81-71(94)112-75(9,10)11;1-9-11(20-10(2)21-17(24)30-19(3,4)5)7-12(16(23)26-6)28-15(9)14(22)13-8-27-18(25)29-13/h1,42-43,46,51-53,57-58,62-66,79H,4,15-41,44-45H2,2-3,5-13H3,(H,76,87)(H,77,92)(H,81,94)(H,82,84)(H,83,88)(H,78,80,93);7,9,11,13-15,22H,8H2,1-6H3,(H,20,21,24)/t46-,51-,52+,53+,57-,58-,62-,63-,64-,65-,66-;9-,11+,13-,14-,15-/m11/s1. The summed E-state index contributed by atoms with van der Waals surface area (Å²) in [6.07, 6.45) is -2.50. The number of ether oxygens (including phenoxy) is 21. The Labute approximate surface area is 825 Å². The van der Waals surface area contributed by atoms with Crippen molar-refractivity contribution in [2.45, 2.75) is 308 Å². The predicted octanol–water partition coefficient (Wildman–Crippen LogP) is 6.74. The molecule has 0 spiro atoms. The first-order chi connectivity index (χ1) is 67.1. The van der Waals surface area contributed by atoms with Crippen molar-refractivity contribution < 1.29 is 181 Å². The van der Waals surface area contributed by atoms with Crippen LogP contribution in [0.1, 0.15) is 206 Å². The summed E-state index contributed by atoms with van der Waals surface area (Å²) >= 11 is 0. The number of aliphatic hydroxyl groups excluding tert-OH is 1. The molecule has 7 amide bonds. The zero-order valence-electron chi connectivity index (χ0n) is 83.9. The minimum atomic E-state index is -1.53. The van der Waals surface area contributed by atoms with Crippen LogP contribution in [-0.2, 0) is 143 Å². The number of cyclic esters (lactones) is 6. The van der Waals surface area contributed by atoms with E-state index in [0.717, 1.165) is 14.2 Å². The Morgan fingerprint density at radius 3 is 1.39 bits per heavy atom. The molecule has 0 bridgehead atoms. The highest BCUT2D eigenvalue weighted by atomic mass is 16.8. The Morgan fingerprint density at radius 2 is 0.908 bits per heavy atom. The van der Waals surface area contributed by atoms with Crippen LogP contribution < -0.4 is 42.5 Å². The molecule has 0 unspecified atom stereocenters. The van der Waals surface area contributed by atoms with Gasteiger partial charge in [-0.15, -0.1) is 6.42 Å². The molecule has 6 rings (SSSR count). The van der Waals surface area contributed by atoms with Crippen molar-refractivity contribution in [3.63, 3.8) is 0 Å². The van der Waals surface area contributed by atoms with E-state index < -0.39 is 211 Å². The number of hydrogen-bond donors (Lipinski definition) is 9. The summed E-state index contributed by atoms with van der Waals surface area (Å²) in [5.41, 5.74) is -2.33. The average molecular weight is 2020 g/mol. The molecule has 16 atom stereocenters. The Morgan fingerprint density at radius 1 is 0.479 bits per heavy atom. The quantitative estimate of drug-likeness (QED) is 0.00760. The molecule has 3 saturated heterocycles. The van der Waals surface area contributed by atoms with Crippen molar-refractivity contribution in [1.29, 1.82) is 0 Å². The number of aliphatic imine (C=N–C) groups is 2. The van der Waals surface area contributed by atoms with Crippen LogP contribution in [0.2, 0.25) is 0 Å². The third kappa shape index (κ3) is 46.0. The van der Waals surface area contributed by atoms with E-state index in [1.165, 1.54) is 39.2 Å². The Bertz CT molecular complexity index is 4450. The van der Waals surface area contributed by atoms with Crippen molar-refractivity contribution in [3.8, 4) is 12.3 Å². The van der Waals surface area contributed by atoms with Crippen molar-refractivity contribution in [2.24, 2.45) is 21.8 Å². The van der Waals surface area contributed by atoms with Crippen molar-refractivity contribution in [3.05, 3.63) is 47.9 Å². The summed E-state index contributed by atoms with van der Waals surface area (Å²) in [5.74, 6) is -4.48. The second-order valence-corrected chi connectivity index (χ2v) is 36.5. The fourth-order valence-electron chi connectivity index (χ4n) is 14.5. The second-order valence-electron chi connectivity index (χ2n) is 36.5. The number of unbranched alkanes of at least 4 members (excludes halogenated alkanes) is 8. The Hall–Kier alpha value is -12.6. The van der Waals surface area contributed by atoms with Gasteiger partial charge >= 0.3 is 66.7 Å². The summed E-state index contributed by atoms with van der Waals surface area (Å²) in [5, 5.41) is 32.0. The highest BCUT2D eigenvalue weighted by Gasteiger charge is 2.52. The lowest BCUT2D eigenvalue weighted by Crippen LogP contribution is -2.64. The van der Waals surface area contributed by atoms with E-state index in [2.05, 4.69) is 65.0 Å². The molecule has 0 aromatic rings. The van der Waals surface area contributed by atoms with Gasteiger partial charge in [-0.2, -0.15) is 0 Å². The van der Waals surface area contributed by atoms with E-state index in [9.17, 15) is 81.8 Å². The van der Waals surface area contributed by atoms with Crippen molar-refractivity contribution >= 4 is 108 Å². The molecule has 6 aliphatic heterocycles. The van der Waals surface area contributed by atoms with Crippen LogP contribution in [0.5, 0.6) is 0 Å². The number of nitrogens with one attached hydrogen (secondary N) is 8. The van der Waals surface area contributed by atoms with Crippen molar-refractivity contribution in [1.82, 2.24) is 42.5 Å². The molecule has 48 heteroatoms. The average Bonchev–Trinajstić information content (AvgIpc) is 1.33. The zero-order valence-corrected chi connectivity index (χ0v) is 83.9. The van der Waals surface area contributed by atoms with Gasteiger partial charge in [0.25, 0.3) is 0 Å². The van der Waals surface area contributed by atoms with Gasteiger partial charge in [0, 0.05) is 70.4 Å². The largest absolute Gasteiger partial charge is 0.508 e. The van der Waals surface area contributed by atoms with Crippen LogP contribution >= 0.6 is 0 Å². The minimum Gasteiger partial charge on any atom is -0.480 e. The number of ketones is 2. The summed E-state index contributed by atoms with van der Waals surface area (Å²) in [6, 6.07) is -4.85. The number of hydrogen-bond acceptors (Lipinski definition) is 41. The molecular formula is C94H142N10O38. The maximum absolute atomic E-state index is 13.7. The summed E-state index contributed by atoms with van der Waals surface area (Å²) in [7, 11) is 3.44. The van der Waals surface area contributed by atoms with Crippen LogP contribution in [0.3, 0.4) is 0 Å². The van der Waals surface area contributed by atoms with Crippen molar-refractivity contribution in [2.75, 3.05) is 107 Å². The monoisotopic (exact) mass is 2020 g/mol. The van der Waals surface area contributed by atoms with Gasteiger partial charge in [0.05, 0.1) is 97.8 Å². The number of Topliss-reactive ketones (excluding diaryl/α,β-unsaturated/α-hetero) is 2. The molecule has 0 aliphatic carbocycles. The highest BCUT2D eigenvalue weighted by Crippen LogP contribution is 2.36. The van der Waals surface area contributed by atoms with Crippen LogP contribution in [0.25, 0.3) is 0 Å². The first kappa shape index (κ1) is 120. The predicted molar refractivity (Wildman–Crippen MR) is 497 cm³/mol. The SMILES string of the molecule is C#CCOCCOCCOCCOCCC(=O)N[C@H](CCC(=O)CCCCCCCNC(=O)O[C@@H]([C@@H]1OC(C(=O)OC)=C[C@H](NC(=C)NC(=O)OC(C)(C)C)[C@H]1NC(C)=O)[C@H]1COC(=O)O1)C(=O)CCC(=O)NCCCCCCCC(=O)O[C@@H]([C@@H]1OC(C(=O)OC)=C[C@H](N=C(C)NC(=O)OC(C)(C)C)[C@H]1C)[C@H]1COC(=O)O1.COC(=O)C1=C[C@H](N=C(C)NC(=O)OC(C)(C)C)[C@@H](C)[C@H]([C@H](O)[C@H]2COC(=O)O2)O1. The summed E-state index contributed by atoms with van der Waals surface area (Å²) < 4.78 is 112. The number of terminal acetylenes is 1. The smallest absolute Gasteiger partial charge is 0.480 e. The molecule has 0 saturated carbocycles. The number of methoxy groups -OCH3 is 3. The number of amidine groups is 2. The first-order valence-electron chi connectivity index (χ1n) is 47.0. The first-order valence-corrected chi connectivity index (χ1v) is 47.0. The molecule has 48 nitrogen and oxygen atoms in total. The van der Waals surface area contributed by atoms with Crippen LogP contribution in [0, 0.1) is 24.2 Å². The summed E-state index contributed by atoms with van der Waals surface area (Å²) in [4.78, 5) is 212. The molecule has 9 N–H and O–H groups in total. The summed E-state index contributed by atoms with van der Waals surface area (Å²) in [6.45, 7) is 28.4. The maximum Gasteiger partial charge on any atom is 0.508 e. The lowest BCUT2D eigenvalue weighted by atomic mass is 9.87. The molecular weight excluding hydrogens is 1880 g/mol. The Balaban J connectivity index is 0.00000100. The zero-order chi connectivity index (χ0) is 105. The van der Waals surface area contributed by atoms with Gasteiger partial charge in [-0.1, -0.05) is 64.9 Å². The topological polar surface area (TPSA) is 608 Å². The van der Waals surface area contributed by atoms with E-state index in [-0.39, 0.29) is 132 Å². The van der Waals surface area contributed by atoms with Gasteiger partial charge in [0.1, 0.15) is 84.8 Å². The number of aliphatic hydroxyl groups is 1. The molecule has 0 radical (unpaired) electrons. The number of alkyl carbamates (subject to hydrolysis) is 4. The molecule has 0 aromatic heterocycles. The lowest BCUT2D eigenvalue weighted by molar-refractivity contribution is -0.171.